The number of aromatic nitrogens is 2. The topological polar surface area (TPSA) is 47.5 Å². The van der Waals surface area contributed by atoms with Crippen LogP contribution in [-0.4, -0.2) is 34.6 Å². The Labute approximate surface area is 165 Å². The SMILES string of the molecule is c1cnc(-c2ccc(CN3CCCC3c3ccc4c(c3)OCCO4)cc2)nc1. The zero-order chi connectivity index (χ0) is 18.8. The van der Waals surface area contributed by atoms with Crippen molar-refractivity contribution in [1.82, 2.24) is 14.9 Å². The Morgan fingerprint density at radius 3 is 2.54 bits per heavy atom. The number of benzene rings is 2. The standard InChI is InChI=1S/C23H23N3O2/c1-3-20(19-8-9-21-22(15-19)28-14-13-27-21)26(12-1)16-17-4-6-18(7-5-17)23-24-10-2-11-25-23/h2,4-11,15,20H,1,3,12-14,16H2. The Hall–Kier alpha value is -2.92. The van der Waals surface area contributed by atoms with E-state index in [0.717, 1.165) is 36.0 Å². The molecule has 142 valence electrons. The summed E-state index contributed by atoms with van der Waals surface area (Å²) in [7, 11) is 0. The van der Waals surface area contributed by atoms with Gasteiger partial charge in [0.25, 0.3) is 0 Å². The van der Waals surface area contributed by atoms with E-state index >= 15 is 0 Å². The highest BCUT2D eigenvalue weighted by Gasteiger charge is 2.27. The summed E-state index contributed by atoms with van der Waals surface area (Å²) in [5.41, 5.74) is 3.68. The molecule has 1 unspecified atom stereocenters. The van der Waals surface area contributed by atoms with E-state index in [2.05, 4.69) is 57.3 Å². The summed E-state index contributed by atoms with van der Waals surface area (Å²) in [6.45, 7) is 3.31. The molecule has 28 heavy (non-hydrogen) atoms. The minimum Gasteiger partial charge on any atom is -0.486 e. The molecule has 0 saturated carbocycles. The van der Waals surface area contributed by atoms with Crippen molar-refractivity contribution >= 4 is 0 Å². The van der Waals surface area contributed by atoms with E-state index in [1.807, 2.05) is 6.07 Å². The van der Waals surface area contributed by atoms with E-state index in [4.69, 9.17) is 9.47 Å². The van der Waals surface area contributed by atoms with Crippen molar-refractivity contribution in [2.75, 3.05) is 19.8 Å². The molecule has 3 heterocycles. The fourth-order valence-electron chi connectivity index (χ4n) is 4.10. The summed E-state index contributed by atoms with van der Waals surface area (Å²) in [4.78, 5) is 11.2. The Kier molecular flexibility index (Phi) is 4.67. The first-order chi connectivity index (χ1) is 13.9. The summed E-state index contributed by atoms with van der Waals surface area (Å²) in [5.74, 6) is 2.51. The molecule has 2 aliphatic heterocycles. The van der Waals surface area contributed by atoms with Crippen LogP contribution in [0.15, 0.2) is 60.9 Å². The van der Waals surface area contributed by atoms with Gasteiger partial charge in [0.1, 0.15) is 13.2 Å². The van der Waals surface area contributed by atoms with E-state index in [0.29, 0.717) is 19.3 Å². The largest absolute Gasteiger partial charge is 0.486 e. The van der Waals surface area contributed by atoms with Gasteiger partial charge in [-0.3, -0.25) is 4.90 Å². The summed E-state index contributed by atoms with van der Waals surface area (Å²) >= 11 is 0. The Morgan fingerprint density at radius 1 is 0.929 bits per heavy atom. The van der Waals surface area contributed by atoms with Crippen LogP contribution in [0.5, 0.6) is 11.5 Å². The van der Waals surface area contributed by atoms with Crippen molar-refractivity contribution in [1.29, 1.82) is 0 Å². The second kappa shape index (κ2) is 7.60. The second-order valence-electron chi connectivity index (χ2n) is 7.30. The molecule has 0 bridgehead atoms. The molecule has 0 radical (unpaired) electrons. The molecule has 0 aliphatic carbocycles. The first-order valence-electron chi connectivity index (χ1n) is 9.87. The van der Waals surface area contributed by atoms with Crippen LogP contribution in [-0.2, 0) is 6.54 Å². The van der Waals surface area contributed by atoms with Gasteiger partial charge in [-0.1, -0.05) is 30.3 Å². The van der Waals surface area contributed by atoms with Crippen LogP contribution in [0.2, 0.25) is 0 Å². The summed E-state index contributed by atoms with van der Waals surface area (Å²) in [5, 5.41) is 0. The molecule has 5 rings (SSSR count). The van der Waals surface area contributed by atoms with Gasteiger partial charge in [-0.05, 0) is 48.7 Å². The lowest BCUT2D eigenvalue weighted by Crippen LogP contribution is -2.23. The third-order valence-electron chi connectivity index (χ3n) is 5.48. The lowest BCUT2D eigenvalue weighted by Gasteiger charge is -2.26. The lowest BCUT2D eigenvalue weighted by atomic mass is 10.0. The molecule has 0 spiro atoms. The van der Waals surface area contributed by atoms with Crippen LogP contribution in [0.4, 0.5) is 0 Å². The summed E-state index contributed by atoms with van der Waals surface area (Å²) < 4.78 is 11.4. The minimum atomic E-state index is 0.424. The fraction of sp³-hybridized carbons (Fsp3) is 0.304. The van der Waals surface area contributed by atoms with Gasteiger partial charge in [-0.2, -0.15) is 0 Å². The van der Waals surface area contributed by atoms with Gasteiger partial charge in [-0.25, -0.2) is 9.97 Å². The van der Waals surface area contributed by atoms with E-state index in [9.17, 15) is 0 Å². The van der Waals surface area contributed by atoms with Crippen LogP contribution in [0, 0.1) is 0 Å². The third kappa shape index (κ3) is 3.45. The molecule has 1 saturated heterocycles. The van der Waals surface area contributed by atoms with E-state index < -0.39 is 0 Å². The monoisotopic (exact) mass is 373 g/mol. The molecule has 5 nitrogen and oxygen atoms in total. The smallest absolute Gasteiger partial charge is 0.161 e. The zero-order valence-corrected chi connectivity index (χ0v) is 15.8. The van der Waals surface area contributed by atoms with Crippen molar-refractivity contribution in [3.05, 3.63) is 72.1 Å². The number of likely N-dealkylation sites (tertiary alicyclic amines) is 1. The number of nitrogens with zero attached hydrogens (tertiary/aromatic N) is 3. The highest BCUT2D eigenvalue weighted by molar-refractivity contribution is 5.54. The lowest BCUT2D eigenvalue weighted by molar-refractivity contribution is 0.170. The minimum absolute atomic E-state index is 0.424. The zero-order valence-electron chi connectivity index (χ0n) is 15.8. The van der Waals surface area contributed by atoms with Gasteiger partial charge in [0.15, 0.2) is 17.3 Å². The molecule has 1 fully saturated rings. The van der Waals surface area contributed by atoms with Gasteiger partial charge in [0.05, 0.1) is 0 Å². The average molecular weight is 373 g/mol. The molecule has 0 amide bonds. The molecule has 1 aromatic heterocycles. The molecule has 5 heteroatoms. The highest BCUT2D eigenvalue weighted by atomic mass is 16.6. The van der Waals surface area contributed by atoms with Crippen molar-refractivity contribution < 1.29 is 9.47 Å². The fourth-order valence-corrected chi connectivity index (χ4v) is 4.10. The van der Waals surface area contributed by atoms with Crippen LogP contribution in [0.25, 0.3) is 11.4 Å². The van der Waals surface area contributed by atoms with Crippen LogP contribution < -0.4 is 9.47 Å². The maximum absolute atomic E-state index is 5.78. The third-order valence-corrected chi connectivity index (χ3v) is 5.48. The van der Waals surface area contributed by atoms with Gasteiger partial charge >= 0.3 is 0 Å². The summed E-state index contributed by atoms with van der Waals surface area (Å²) in [6, 6.07) is 17.3. The second-order valence-corrected chi connectivity index (χ2v) is 7.30. The molecule has 1 atom stereocenters. The number of hydrogen-bond donors (Lipinski definition) is 0. The average Bonchev–Trinajstić information content (AvgIpc) is 3.23. The first-order valence-corrected chi connectivity index (χ1v) is 9.87. The van der Waals surface area contributed by atoms with Gasteiger partial charge in [0, 0.05) is 30.5 Å². The van der Waals surface area contributed by atoms with E-state index in [1.54, 1.807) is 12.4 Å². The molecule has 2 aliphatic rings. The normalized spacial score (nSPS) is 18.9. The highest BCUT2D eigenvalue weighted by Crippen LogP contribution is 2.38. The maximum Gasteiger partial charge on any atom is 0.161 e. The first kappa shape index (κ1) is 17.2. The number of hydrogen-bond acceptors (Lipinski definition) is 5. The van der Waals surface area contributed by atoms with Gasteiger partial charge < -0.3 is 9.47 Å². The Balaban J connectivity index is 1.32. The van der Waals surface area contributed by atoms with Gasteiger partial charge in [-0.15, -0.1) is 0 Å². The van der Waals surface area contributed by atoms with E-state index in [-0.39, 0.29) is 0 Å². The number of ether oxygens (including phenoxy) is 2. The molecule has 3 aromatic rings. The van der Waals surface area contributed by atoms with Gasteiger partial charge in [0.2, 0.25) is 0 Å². The molecular weight excluding hydrogens is 350 g/mol. The van der Waals surface area contributed by atoms with Crippen molar-refractivity contribution in [3.8, 4) is 22.9 Å². The van der Waals surface area contributed by atoms with Crippen molar-refractivity contribution in [3.63, 3.8) is 0 Å². The Morgan fingerprint density at radius 2 is 1.71 bits per heavy atom. The van der Waals surface area contributed by atoms with Crippen molar-refractivity contribution in [2.45, 2.75) is 25.4 Å². The van der Waals surface area contributed by atoms with Crippen molar-refractivity contribution in [2.24, 2.45) is 0 Å². The number of rotatable bonds is 4. The Bertz CT molecular complexity index is 944. The molecule has 2 aromatic carbocycles. The van der Waals surface area contributed by atoms with Crippen LogP contribution >= 0.6 is 0 Å². The maximum atomic E-state index is 5.78. The quantitative estimate of drug-likeness (QED) is 0.684. The predicted octanol–water partition coefficient (Wildman–Crippen LogP) is 4.25. The van der Waals surface area contributed by atoms with Crippen LogP contribution in [0.3, 0.4) is 0 Å². The number of fused-ring (bicyclic) bond motifs is 1. The molecule has 0 N–H and O–H groups in total. The van der Waals surface area contributed by atoms with Crippen LogP contribution in [0.1, 0.15) is 30.0 Å². The summed E-state index contributed by atoms with van der Waals surface area (Å²) in [6.07, 6.45) is 5.95. The molecular formula is C23H23N3O2. The van der Waals surface area contributed by atoms with E-state index in [1.165, 1.54) is 24.0 Å². The predicted molar refractivity (Wildman–Crippen MR) is 107 cm³/mol.